The van der Waals surface area contributed by atoms with Crippen molar-refractivity contribution >= 4 is 23.4 Å². The highest BCUT2D eigenvalue weighted by molar-refractivity contribution is 6.04. The second kappa shape index (κ2) is 5.89. The van der Waals surface area contributed by atoms with Crippen LogP contribution in [0.25, 0.3) is 0 Å². The first kappa shape index (κ1) is 16.4. The minimum atomic E-state index is -0.488. The smallest absolute Gasteiger partial charge is 0.410 e. The van der Waals surface area contributed by atoms with E-state index in [9.17, 15) is 9.59 Å². The van der Waals surface area contributed by atoms with Crippen LogP contribution in [0.5, 0.6) is 0 Å². The fourth-order valence-electron chi connectivity index (χ4n) is 3.11. The maximum atomic E-state index is 12.1. The van der Waals surface area contributed by atoms with E-state index >= 15 is 0 Å². The normalized spacial score (nSPS) is 17.5. The molecule has 7 nitrogen and oxygen atoms in total. The number of carbonyl (C=O) groups is 2. The van der Waals surface area contributed by atoms with E-state index in [0.717, 1.165) is 11.3 Å². The Kier molecular flexibility index (Phi) is 4.03. The van der Waals surface area contributed by atoms with Crippen LogP contribution >= 0.6 is 0 Å². The SMILES string of the molecule is CC(C)(C)OC(=O)N1CCN(c2ccc(N)c3c2CNC3=O)CC1. The van der Waals surface area contributed by atoms with Gasteiger partial charge in [0.2, 0.25) is 0 Å². The van der Waals surface area contributed by atoms with E-state index in [1.54, 1.807) is 11.0 Å². The van der Waals surface area contributed by atoms with Crippen molar-refractivity contribution in [2.24, 2.45) is 0 Å². The summed E-state index contributed by atoms with van der Waals surface area (Å²) in [5.74, 6) is -0.114. The molecular weight excluding hydrogens is 308 g/mol. The van der Waals surface area contributed by atoms with Gasteiger partial charge in [-0.3, -0.25) is 4.79 Å². The first-order chi connectivity index (χ1) is 11.3. The summed E-state index contributed by atoms with van der Waals surface area (Å²) >= 11 is 0. The van der Waals surface area contributed by atoms with Gasteiger partial charge in [0.05, 0.1) is 5.56 Å². The average Bonchev–Trinajstić information content (AvgIpc) is 2.89. The number of ether oxygens (including phenoxy) is 1. The quantitative estimate of drug-likeness (QED) is 0.762. The van der Waals surface area contributed by atoms with Gasteiger partial charge < -0.3 is 25.6 Å². The lowest BCUT2D eigenvalue weighted by Gasteiger charge is -2.37. The fourth-order valence-corrected chi connectivity index (χ4v) is 3.11. The molecule has 0 radical (unpaired) electrons. The summed E-state index contributed by atoms with van der Waals surface area (Å²) in [5.41, 5.74) is 8.50. The van der Waals surface area contributed by atoms with Crippen LogP contribution in [0.1, 0.15) is 36.7 Å². The minimum Gasteiger partial charge on any atom is -0.444 e. The maximum Gasteiger partial charge on any atom is 0.410 e. The summed E-state index contributed by atoms with van der Waals surface area (Å²) in [6.45, 7) is 8.67. The molecule has 130 valence electrons. The van der Waals surface area contributed by atoms with Crippen LogP contribution in [0.3, 0.4) is 0 Å². The van der Waals surface area contributed by atoms with E-state index in [1.807, 2.05) is 26.8 Å². The molecule has 2 aliphatic rings. The molecule has 0 aromatic heterocycles. The monoisotopic (exact) mass is 332 g/mol. The van der Waals surface area contributed by atoms with Gasteiger partial charge >= 0.3 is 6.09 Å². The van der Waals surface area contributed by atoms with E-state index in [0.29, 0.717) is 44.0 Å². The predicted octanol–water partition coefficient (Wildman–Crippen LogP) is 1.57. The topological polar surface area (TPSA) is 87.9 Å². The Labute approximate surface area is 141 Å². The summed E-state index contributed by atoms with van der Waals surface area (Å²) in [7, 11) is 0. The number of rotatable bonds is 1. The van der Waals surface area contributed by atoms with Crippen molar-refractivity contribution in [3.63, 3.8) is 0 Å². The highest BCUT2D eigenvalue weighted by Gasteiger charge is 2.30. The number of fused-ring (bicyclic) bond motifs is 1. The largest absolute Gasteiger partial charge is 0.444 e. The van der Waals surface area contributed by atoms with E-state index < -0.39 is 5.60 Å². The number of piperazine rings is 1. The third kappa shape index (κ3) is 3.11. The van der Waals surface area contributed by atoms with Crippen molar-refractivity contribution in [2.75, 3.05) is 36.8 Å². The number of nitrogens with two attached hydrogens (primary N) is 1. The van der Waals surface area contributed by atoms with Gasteiger partial charge in [0.25, 0.3) is 5.91 Å². The fraction of sp³-hybridized carbons (Fsp3) is 0.529. The molecule has 0 unspecified atom stereocenters. The van der Waals surface area contributed by atoms with Gasteiger partial charge in [-0.05, 0) is 32.9 Å². The summed E-state index contributed by atoms with van der Waals surface area (Å²) in [6.07, 6.45) is -0.276. The van der Waals surface area contributed by atoms with Crippen LogP contribution in [-0.4, -0.2) is 48.7 Å². The van der Waals surface area contributed by atoms with Gasteiger partial charge in [0.15, 0.2) is 0 Å². The molecule has 2 amide bonds. The molecule has 7 heteroatoms. The zero-order chi connectivity index (χ0) is 17.5. The first-order valence-corrected chi connectivity index (χ1v) is 8.19. The number of amides is 2. The number of carbonyl (C=O) groups excluding carboxylic acids is 2. The summed E-state index contributed by atoms with van der Waals surface area (Å²) in [6, 6.07) is 3.73. The summed E-state index contributed by atoms with van der Waals surface area (Å²) in [4.78, 5) is 28.0. The Morgan fingerprint density at radius 3 is 2.50 bits per heavy atom. The van der Waals surface area contributed by atoms with E-state index in [-0.39, 0.29) is 12.0 Å². The van der Waals surface area contributed by atoms with Crippen molar-refractivity contribution < 1.29 is 14.3 Å². The third-order valence-corrected chi connectivity index (χ3v) is 4.25. The van der Waals surface area contributed by atoms with Crippen LogP contribution in [0.4, 0.5) is 16.2 Å². The molecule has 1 fully saturated rings. The van der Waals surface area contributed by atoms with Gasteiger partial charge in [-0.15, -0.1) is 0 Å². The van der Waals surface area contributed by atoms with Crippen molar-refractivity contribution in [1.29, 1.82) is 0 Å². The Morgan fingerprint density at radius 1 is 1.21 bits per heavy atom. The molecular formula is C17H24N4O3. The molecule has 24 heavy (non-hydrogen) atoms. The number of anilines is 2. The first-order valence-electron chi connectivity index (χ1n) is 8.19. The highest BCUT2D eigenvalue weighted by atomic mass is 16.6. The second-order valence-corrected chi connectivity index (χ2v) is 7.16. The van der Waals surface area contributed by atoms with Crippen LogP contribution in [0, 0.1) is 0 Å². The molecule has 2 heterocycles. The summed E-state index contributed by atoms with van der Waals surface area (Å²) < 4.78 is 5.42. The molecule has 3 N–H and O–H groups in total. The van der Waals surface area contributed by atoms with E-state index in [1.165, 1.54) is 0 Å². The molecule has 1 saturated heterocycles. The molecule has 0 saturated carbocycles. The van der Waals surface area contributed by atoms with Crippen LogP contribution in [0.15, 0.2) is 12.1 Å². The Morgan fingerprint density at radius 2 is 1.88 bits per heavy atom. The molecule has 0 aliphatic carbocycles. The number of hydrogen-bond donors (Lipinski definition) is 2. The number of nitrogens with zero attached hydrogens (tertiary/aromatic N) is 2. The number of nitrogen functional groups attached to an aromatic ring is 1. The average molecular weight is 332 g/mol. The Balaban J connectivity index is 1.70. The highest BCUT2D eigenvalue weighted by Crippen LogP contribution is 2.32. The van der Waals surface area contributed by atoms with Crippen molar-refractivity contribution in [1.82, 2.24) is 10.2 Å². The Bertz CT molecular complexity index is 673. The van der Waals surface area contributed by atoms with Crippen molar-refractivity contribution in [3.05, 3.63) is 23.3 Å². The van der Waals surface area contributed by atoms with E-state index in [4.69, 9.17) is 10.5 Å². The van der Waals surface area contributed by atoms with Gasteiger partial charge in [0.1, 0.15) is 5.60 Å². The second-order valence-electron chi connectivity index (χ2n) is 7.16. The number of benzene rings is 1. The molecule has 1 aromatic rings. The van der Waals surface area contributed by atoms with Crippen LogP contribution in [0.2, 0.25) is 0 Å². The lowest BCUT2D eigenvalue weighted by atomic mass is 10.0. The zero-order valence-corrected chi connectivity index (χ0v) is 14.4. The van der Waals surface area contributed by atoms with Gasteiger partial charge in [-0.1, -0.05) is 0 Å². The maximum absolute atomic E-state index is 12.1. The molecule has 2 aliphatic heterocycles. The lowest BCUT2D eigenvalue weighted by molar-refractivity contribution is 0.0240. The molecule has 1 aromatic carbocycles. The minimum absolute atomic E-state index is 0.114. The van der Waals surface area contributed by atoms with Crippen LogP contribution < -0.4 is 16.0 Å². The molecule has 0 spiro atoms. The zero-order valence-electron chi connectivity index (χ0n) is 14.4. The third-order valence-electron chi connectivity index (χ3n) is 4.25. The standard InChI is InChI=1S/C17H24N4O3/c1-17(2,3)24-16(23)21-8-6-20(7-9-21)13-5-4-12(18)14-11(13)10-19-15(14)22/h4-5H,6-10,18H2,1-3H3,(H,19,22). The van der Waals surface area contributed by atoms with Crippen molar-refractivity contribution in [3.8, 4) is 0 Å². The Hall–Kier alpha value is -2.44. The predicted molar refractivity (Wildman–Crippen MR) is 92.0 cm³/mol. The van der Waals surface area contributed by atoms with Crippen LogP contribution in [-0.2, 0) is 11.3 Å². The number of hydrogen-bond acceptors (Lipinski definition) is 5. The van der Waals surface area contributed by atoms with Gasteiger partial charge in [-0.2, -0.15) is 0 Å². The molecule has 0 bridgehead atoms. The molecule has 3 rings (SSSR count). The van der Waals surface area contributed by atoms with Crippen molar-refractivity contribution in [2.45, 2.75) is 32.9 Å². The van der Waals surface area contributed by atoms with Gasteiger partial charge in [-0.25, -0.2) is 4.79 Å². The van der Waals surface area contributed by atoms with Gasteiger partial charge in [0, 0.05) is 49.7 Å². The lowest BCUT2D eigenvalue weighted by Crippen LogP contribution is -2.50. The van der Waals surface area contributed by atoms with E-state index in [2.05, 4.69) is 10.2 Å². The summed E-state index contributed by atoms with van der Waals surface area (Å²) in [5, 5.41) is 2.83. The molecule has 0 atom stereocenters. The number of nitrogens with one attached hydrogen (secondary N) is 1.